The lowest BCUT2D eigenvalue weighted by molar-refractivity contribution is -0.890. The second kappa shape index (κ2) is 8.28. The molecule has 1 heterocycles. The number of benzene rings is 2. The van der Waals surface area contributed by atoms with Crippen molar-refractivity contribution in [3.63, 3.8) is 0 Å². The zero-order valence-corrected chi connectivity index (χ0v) is 18.5. The molecule has 1 N–H and O–H groups in total. The highest BCUT2D eigenvalue weighted by Crippen LogP contribution is 2.26. The maximum atomic E-state index is 13.4. The first-order chi connectivity index (χ1) is 14.1. The Morgan fingerprint density at radius 2 is 1.57 bits per heavy atom. The lowest BCUT2D eigenvalue weighted by atomic mass is 9.99. The van der Waals surface area contributed by atoms with Crippen molar-refractivity contribution < 1.29 is 22.8 Å². The Balaban J connectivity index is 2.11. The van der Waals surface area contributed by atoms with Gasteiger partial charge in [0.25, 0.3) is 15.8 Å². The van der Waals surface area contributed by atoms with Gasteiger partial charge < -0.3 is 0 Å². The van der Waals surface area contributed by atoms with Gasteiger partial charge in [0.2, 0.25) is 5.69 Å². The van der Waals surface area contributed by atoms with Gasteiger partial charge in [-0.25, -0.2) is 8.42 Å². The Hall–Kier alpha value is -3.19. The third-order valence-electron chi connectivity index (χ3n) is 5.00. The highest BCUT2D eigenvalue weighted by atomic mass is 32.2. The average Bonchev–Trinajstić information content (AvgIpc) is 2.70. The summed E-state index contributed by atoms with van der Waals surface area (Å²) in [6.07, 6.45) is 0. The predicted molar refractivity (Wildman–Crippen MR) is 115 cm³/mol. The molecule has 2 aromatic carbocycles. The molecule has 3 aromatic rings. The van der Waals surface area contributed by atoms with Gasteiger partial charge in [-0.15, -0.1) is 0 Å². The minimum absolute atomic E-state index is 0.132. The number of hydrogen-bond acceptors (Lipinski definition) is 4. The van der Waals surface area contributed by atoms with Crippen LogP contribution >= 0.6 is 0 Å². The smallest absolute Gasteiger partial charge is 0.282 e. The van der Waals surface area contributed by atoms with Gasteiger partial charge >= 0.3 is 5.69 Å². The van der Waals surface area contributed by atoms with E-state index in [2.05, 4.69) is 4.72 Å². The van der Waals surface area contributed by atoms with E-state index in [4.69, 9.17) is 4.84 Å². The zero-order valence-electron chi connectivity index (χ0n) is 17.7. The molecule has 0 amide bonds. The van der Waals surface area contributed by atoms with Crippen LogP contribution in [0.5, 0.6) is 0 Å². The lowest BCUT2D eigenvalue weighted by Gasteiger charge is -2.14. The zero-order chi connectivity index (χ0) is 22.1. The number of nitrogens with zero attached hydrogens (tertiary/aromatic N) is 1. The predicted octanol–water partition coefficient (Wildman–Crippen LogP) is 3.30. The number of aryl methyl sites for hydroxylation is 4. The third-order valence-corrected chi connectivity index (χ3v) is 6.38. The van der Waals surface area contributed by atoms with E-state index in [9.17, 15) is 13.2 Å². The Kier molecular flexibility index (Phi) is 5.94. The molecule has 0 bridgehead atoms. The number of anilines is 1. The monoisotopic (exact) mass is 425 g/mol. The summed E-state index contributed by atoms with van der Waals surface area (Å²) in [5.74, 6) is -0.342. The molecule has 0 radical (unpaired) electrons. The molecule has 1 aromatic heterocycles. The third kappa shape index (κ3) is 4.21. The second-order valence-corrected chi connectivity index (χ2v) is 8.94. The Morgan fingerprint density at radius 3 is 2.20 bits per heavy atom. The molecule has 0 aliphatic heterocycles. The number of nitrogens with one attached hydrogen (secondary N) is 1. The van der Waals surface area contributed by atoms with Crippen LogP contribution in [0.1, 0.15) is 38.4 Å². The van der Waals surface area contributed by atoms with Crippen LogP contribution in [0.4, 0.5) is 5.69 Å². The van der Waals surface area contributed by atoms with Crippen LogP contribution in [0, 0.1) is 27.7 Å². The van der Waals surface area contributed by atoms with Crippen LogP contribution in [0.3, 0.4) is 0 Å². The summed E-state index contributed by atoms with van der Waals surface area (Å²) in [4.78, 5) is 18.9. The van der Waals surface area contributed by atoms with E-state index in [1.54, 1.807) is 48.5 Å². The fraction of sp³-hybridized carbons (Fsp3) is 0.217. The Labute approximate surface area is 177 Å². The summed E-state index contributed by atoms with van der Waals surface area (Å²) < 4.78 is 29.9. The molecular formula is C23H25N2O4S+. The van der Waals surface area contributed by atoms with E-state index in [1.165, 1.54) is 11.8 Å². The number of carbonyl (C=O) groups is 1. The first-order valence-corrected chi connectivity index (χ1v) is 10.9. The SMILES string of the molecule is CO[n+]1c(C)cccc1C(=O)c1cc(C)c(C)cc1NS(=O)(=O)c1ccc(C)cc1. The molecule has 0 saturated heterocycles. The van der Waals surface area contributed by atoms with Crippen LogP contribution in [0.25, 0.3) is 0 Å². The fourth-order valence-electron chi connectivity index (χ4n) is 3.16. The van der Waals surface area contributed by atoms with E-state index in [0.29, 0.717) is 5.69 Å². The minimum atomic E-state index is -3.86. The number of hydrogen-bond donors (Lipinski definition) is 1. The molecule has 30 heavy (non-hydrogen) atoms. The van der Waals surface area contributed by atoms with Gasteiger partial charge in [0, 0.05) is 23.8 Å². The van der Waals surface area contributed by atoms with Crippen molar-refractivity contribution in [1.82, 2.24) is 0 Å². The van der Waals surface area contributed by atoms with Crippen LogP contribution in [-0.4, -0.2) is 21.3 Å². The summed E-state index contributed by atoms with van der Waals surface area (Å²) in [6, 6.07) is 15.2. The van der Waals surface area contributed by atoms with Crippen LogP contribution in [-0.2, 0) is 10.0 Å². The van der Waals surface area contributed by atoms with E-state index in [-0.39, 0.29) is 21.9 Å². The van der Waals surface area contributed by atoms with E-state index in [1.807, 2.05) is 33.8 Å². The topological polar surface area (TPSA) is 76.3 Å². The summed E-state index contributed by atoms with van der Waals surface area (Å²) >= 11 is 0. The van der Waals surface area contributed by atoms with Gasteiger partial charge in [-0.3, -0.25) is 14.4 Å². The molecule has 0 aliphatic carbocycles. The average molecular weight is 426 g/mol. The summed E-state index contributed by atoms with van der Waals surface area (Å²) in [5.41, 5.74) is 4.24. The minimum Gasteiger partial charge on any atom is -0.282 e. The quantitative estimate of drug-likeness (QED) is 0.486. The van der Waals surface area contributed by atoms with Crippen molar-refractivity contribution in [3.05, 3.63) is 88.2 Å². The van der Waals surface area contributed by atoms with Gasteiger partial charge in [-0.05, 0) is 62.2 Å². The first kappa shape index (κ1) is 21.5. The van der Waals surface area contributed by atoms with Crippen molar-refractivity contribution in [2.24, 2.45) is 0 Å². The number of aromatic nitrogens is 1. The number of pyridine rings is 1. The summed E-state index contributed by atoms with van der Waals surface area (Å²) in [7, 11) is -2.38. The van der Waals surface area contributed by atoms with Crippen LogP contribution in [0.2, 0.25) is 0 Å². The van der Waals surface area contributed by atoms with Gasteiger partial charge in [-0.2, -0.15) is 0 Å². The molecule has 0 saturated carbocycles. The molecule has 0 aliphatic rings. The van der Waals surface area contributed by atoms with Gasteiger partial charge in [0.15, 0.2) is 0 Å². The van der Waals surface area contributed by atoms with Crippen molar-refractivity contribution in [2.75, 3.05) is 11.8 Å². The maximum absolute atomic E-state index is 13.4. The molecule has 7 heteroatoms. The molecule has 6 nitrogen and oxygen atoms in total. The first-order valence-electron chi connectivity index (χ1n) is 9.45. The molecule has 0 fully saturated rings. The van der Waals surface area contributed by atoms with Crippen molar-refractivity contribution in [1.29, 1.82) is 0 Å². The van der Waals surface area contributed by atoms with Gasteiger partial charge in [-0.1, -0.05) is 17.7 Å². The van der Waals surface area contributed by atoms with Crippen molar-refractivity contribution >= 4 is 21.5 Å². The molecule has 156 valence electrons. The highest BCUT2D eigenvalue weighted by Gasteiger charge is 2.28. The molecule has 0 atom stereocenters. The Bertz CT molecular complexity index is 1220. The second-order valence-electron chi connectivity index (χ2n) is 7.26. The molecule has 3 rings (SSSR count). The molecule has 0 spiro atoms. The number of carbonyl (C=O) groups excluding carboxylic acids is 1. The van der Waals surface area contributed by atoms with Crippen molar-refractivity contribution in [3.8, 4) is 0 Å². The van der Waals surface area contributed by atoms with E-state index < -0.39 is 10.0 Å². The Morgan fingerprint density at radius 1 is 0.933 bits per heavy atom. The molecule has 0 unspecified atom stereocenters. The number of sulfonamides is 1. The lowest BCUT2D eigenvalue weighted by Crippen LogP contribution is -2.48. The summed E-state index contributed by atoms with van der Waals surface area (Å²) in [6.45, 7) is 7.46. The van der Waals surface area contributed by atoms with Gasteiger partial charge in [0.1, 0.15) is 7.11 Å². The van der Waals surface area contributed by atoms with E-state index in [0.717, 1.165) is 22.4 Å². The number of ketones is 1. The highest BCUT2D eigenvalue weighted by molar-refractivity contribution is 7.92. The van der Waals surface area contributed by atoms with E-state index >= 15 is 0 Å². The van der Waals surface area contributed by atoms with Crippen LogP contribution in [0.15, 0.2) is 59.5 Å². The van der Waals surface area contributed by atoms with Gasteiger partial charge in [0.05, 0.1) is 16.1 Å². The molecular weight excluding hydrogens is 400 g/mol. The number of rotatable bonds is 6. The normalized spacial score (nSPS) is 11.2. The van der Waals surface area contributed by atoms with Crippen molar-refractivity contribution in [2.45, 2.75) is 32.6 Å². The largest absolute Gasteiger partial charge is 0.305 e. The fourth-order valence-corrected chi connectivity index (χ4v) is 4.23. The van der Waals surface area contributed by atoms with Crippen LogP contribution < -0.4 is 14.3 Å². The summed E-state index contributed by atoms with van der Waals surface area (Å²) in [5, 5.41) is 0. The maximum Gasteiger partial charge on any atom is 0.305 e. The standard InChI is InChI=1S/C23H24N2O4S/c1-15-9-11-19(12-10-15)30(27,28)24-21-14-17(3)16(2)13-20(21)23(26)22-8-6-7-18(4)25(22)29-5/h6-14H,1-5H3/p+1.